The Kier molecular flexibility index (Phi) is 5.51. The number of rotatable bonds is 6. The van der Waals surface area contributed by atoms with E-state index in [9.17, 15) is 5.26 Å². The van der Waals surface area contributed by atoms with Crippen LogP contribution < -0.4 is 10.5 Å². The van der Waals surface area contributed by atoms with Gasteiger partial charge >= 0.3 is 0 Å². The van der Waals surface area contributed by atoms with Crippen LogP contribution in [0.25, 0.3) is 0 Å². The Morgan fingerprint density at radius 2 is 2.00 bits per heavy atom. The van der Waals surface area contributed by atoms with Gasteiger partial charge in [0, 0.05) is 0 Å². The summed E-state index contributed by atoms with van der Waals surface area (Å²) in [5.41, 5.74) is 8.20. The molecular weight excluding hydrogens is 264 g/mol. The third-order valence-electron chi connectivity index (χ3n) is 4.48. The molecule has 0 aromatic carbocycles. The molecule has 0 radical (unpaired) electrons. The molecule has 1 aliphatic carbocycles. The summed E-state index contributed by atoms with van der Waals surface area (Å²) in [5.74, 6) is 1.39. The first-order valence-electron chi connectivity index (χ1n) is 7.86. The number of nitriles is 1. The normalized spacial score (nSPS) is 21.2. The molecule has 0 saturated heterocycles. The first-order valence-corrected chi connectivity index (χ1v) is 7.86. The quantitative estimate of drug-likeness (QED) is 0.867. The molecule has 1 heterocycles. The van der Waals surface area contributed by atoms with E-state index in [0.29, 0.717) is 36.4 Å². The number of nitrogens with zero attached hydrogens (tertiary/aromatic N) is 3. The maximum Gasteiger partial charge on any atom is 0.251 e. The average molecular weight is 288 g/mol. The van der Waals surface area contributed by atoms with E-state index in [1.165, 1.54) is 12.8 Å². The van der Waals surface area contributed by atoms with E-state index in [1.807, 2.05) is 13.8 Å². The molecule has 21 heavy (non-hydrogen) atoms. The van der Waals surface area contributed by atoms with Crippen molar-refractivity contribution in [3.63, 3.8) is 0 Å². The number of aryl methyl sites for hydroxylation is 1. The van der Waals surface area contributed by atoms with Gasteiger partial charge in [0.15, 0.2) is 0 Å². The zero-order valence-electron chi connectivity index (χ0n) is 12.9. The second-order valence-electron chi connectivity index (χ2n) is 5.62. The lowest BCUT2D eigenvalue weighted by atomic mass is 9.97. The van der Waals surface area contributed by atoms with Gasteiger partial charge in [0.25, 0.3) is 5.88 Å². The van der Waals surface area contributed by atoms with E-state index in [0.717, 1.165) is 30.5 Å². The molecule has 114 valence electrons. The van der Waals surface area contributed by atoms with Crippen molar-refractivity contribution in [2.24, 2.45) is 17.6 Å². The Bertz CT molecular complexity index is 524. The van der Waals surface area contributed by atoms with Crippen LogP contribution in [-0.2, 0) is 12.8 Å². The van der Waals surface area contributed by atoms with E-state index in [-0.39, 0.29) is 0 Å². The second-order valence-corrected chi connectivity index (χ2v) is 5.62. The van der Waals surface area contributed by atoms with Crippen LogP contribution in [0.1, 0.15) is 49.9 Å². The predicted octanol–water partition coefficient (Wildman–Crippen LogP) is 2.23. The van der Waals surface area contributed by atoms with Crippen LogP contribution in [0.2, 0.25) is 0 Å². The molecule has 2 rings (SSSR count). The molecule has 5 heteroatoms. The highest BCUT2D eigenvalue weighted by Gasteiger charge is 2.27. The van der Waals surface area contributed by atoms with Gasteiger partial charge < -0.3 is 10.5 Å². The summed E-state index contributed by atoms with van der Waals surface area (Å²) in [4.78, 5) is 0. The highest BCUT2D eigenvalue weighted by atomic mass is 16.5. The zero-order valence-corrected chi connectivity index (χ0v) is 12.9. The van der Waals surface area contributed by atoms with Gasteiger partial charge in [-0.25, -0.2) is 0 Å². The standard InChI is InChI=1S/C16H24N4O/c1-3-13-14(9-18)16(20-19-15(13)4-2)21-10-12-7-5-6-11(12)8-17/h11-12H,3-8,10,17H2,1-2H3. The van der Waals surface area contributed by atoms with Gasteiger partial charge in [-0.2, -0.15) is 10.4 Å². The lowest BCUT2D eigenvalue weighted by Crippen LogP contribution is -2.24. The first-order chi connectivity index (χ1) is 10.2. The second kappa shape index (κ2) is 7.37. The van der Waals surface area contributed by atoms with Crippen LogP contribution >= 0.6 is 0 Å². The smallest absolute Gasteiger partial charge is 0.251 e. The highest BCUT2D eigenvalue weighted by molar-refractivity contribution is 5.46. The molecule has 2 unspecified atom stereocenters. The van der Waals surface area contributed by atoms with Crippen LogP contribution in [0.5, 0.6) is 5.88 Å². The molecule has 1 aromatic heterocycles. The summed E-state index contributed by atoms with van der Waals surface area (Å²) in [7, 11) is 0. The molecule has 0 amide bonds. The lowest BCUT2D eigenvalue weighted by Gasteiger charge is -2.18. The molecule has 5 nitrogen and oxygen atoms in total. The molecular formula is C16H24N4O. The van der Waals surface area contributed by atoms with Crippen molar-refractivity contribution in [1.29, 1.82) is 5.26 Å². The van der Waals surface area contributed by atoms with Crippen molar-refractivity contribution >= 4 is 0 Å². The Morgan fingerprint density at radius 3 is 2.62 bits per heavy atom. The molecule has 1 aromatic rings. The third-order valence-corrected chi connectivity index (χ3v) is 4.48. The monoisotopic (exact) mass is 288 g/mol. The van der Waals surface area contributed by atoms with Gasteiger partial charge in [-0.15, -0.1) is 5.10 Å². The van der Waals surface area contributed by atoms with E-state index < -0.39 is 0 Å². The molecule has 0 aliphatic heterocycles. The summed E-state index contributed by atoms with van der Waals surface area (Å²) >= 11 is 0. The van der Waals surface area contributed by atoms with E-state index in [4.69, 9.17) is 10.5 Å². The van der Waals surface area contributed by atoms with E-state index in [2.05, 4.69) is 16.3 Å². The van der Waals surface area contributed by atoms with Crippen molar-refractivity contribution in [3.05, 3.63) is 16.8 Å². The molecule has 0 bridgehead atoms. The largest absolute Gasteiger partial charge is 0.475 e. The Morgan fingerprint density at radius 1 is 1.24 bits per heavy atom. The van der Waals surface area contributed by atoms with Crippen molar-refractivity contribution < 1.29 is 4.74 Å². The minimum atomic E-state index is 0.384. The van der Waals surface area contributed by atoms with E-state index in [1.54, 1.807) is 0 Å². The summed E-state index contributed by atoms with van der Waals surface area (Å²) in [5, 5.41) is 17.7. The maximum absolute atomic E-state index is 9.42. The fraction of sp³-hybridized carbons (Fsp3) is 0.688. The van der Waals surface area contributed by atoms with Crippen LogP contribution in [0.4, 0.5) is 0 Å². The summed E-state index contributed by atoms with van der Waals surface area (Å²) in [6, 6.07) is 2.24. The number of hydrogen-bond donors (Lipinski definition) is 1. The Hall–Kier alpha value is -1.67. The van der Waals surface area contributed by atoms with Crippen molar-refractivity contribution in [2.75, 3.05) is 13.2 Å². The number of ether oxygens (including phenoxy) is 1. The highest BCUT2D eigenvalue weighted by Crippen LogP contribution is 2.32. The molecule has 1 saturated carbocycles. The Labute approximate surface area is 126 Å². The average Bonchev–Trinajstić information content (AvgIpc) is 2.99. The summed E-state index contributed by atoms with van der Waals surface area (Å²) in [6.07, 6.45) is 5.08. The number of aromatic nitrogens is 2. The van der Waals surface area contributed by atoms with Crippen molar-refractivity contribution in [1.82, 2.24) is 10.2 Å². The topological polar surface area (TPSA) is 84.8 Å². The van der Waals surface area contributed by atoms with Crippen LogP contribution in [0.3, 0.4) is 0 Å². The van der Waals surface area contributed by atoms with Crippen LogP contribution in [0.15, 0.2) is 0 Å². The predicted molar refractivity (Wildman–Crippen MR) is 80.9 cm³/mol. The van der Waals surface area contributed by atoms with E-state index >= 15 is 0 Å². The molecule has 1 fully saturated rings. The van der Waals surface area contributed by atoms with Crippen molar-refractivity contribution in [3.8, 4) is 11.9 Å². The Balaban J connectivity index is 2.15. The number of hydrogen-bond acceptors (Lipinski definition) is 5. The summed E-state index contributed by atoms with van der Waals surface area (Å²) < 4.78 is 5.83. The van der Waals surface area contributed by atoms with Gasteiger partial charge in [0.2, 0.25) is 0 Å². The molecule has 1 aliphatic rings. The fourth-order valence-electron chi connectivity index (χ4n) is 3.20. The minimum absolute atomic E-state index is 0.384. The molecule has 2 atom stereocenters. The first kappa shape index (κ1) is 15.7. The summed E-state index contributed by atoms with van der Waals surface area (Å²) in [6.45, 7) is 5.34. The third kappa shape index (κ3) is 3.33. The molecule has 2 N–H and O–H groups in total. The van der Waals surface area contributed by atoms with Crippen molar-refractivity contribution in [2.45, 2.75) is 46.0 Å². The van der Waals surface area contributed by atoms with Gasteiger partial charge in [-0.3, -0.25) is 0 Å². The maximum atomic E-state index is 9.42. The lowest BCUT2D eigenvalue weighted by molar-refractivity contribution is 0.207. The van der Waals surface area contributed by atoms with Gasteiger partial charge in [-0.1, -0.05) is 20.3 Å². The van der Waals surface area contributed by atoms with Gasteiger partial charge in [0.1, 0.15) is 11.6 Å². The van der Waals surface area contributed by atoms with Crippen LogP contribution in [0, 0.1) is 23.2 Å². The fourth-order valence-corrected chi connectivity index (χ4v) is 3.20. The van der Waals surface area contributed by atoms with Gasteiger partial charge in [0.05, 0.1) is 12.3 Å². The SMILES string of the molecule is CCc1nnc(OCC2CCCC2CN)c(C#N)c1CC. The minimum Gasteiger partial charge on any atom is -0.475 e. The zero-order chi connectivity index (χ0) is 15.2. The van der Waals surface area contributed by atoms with Gasteiger partial charge in [-0.05, 0) is 49.6 Å². The molecule has 0 spiro atoms. The van der Waals surface area contributed by atoms with Crippen LogP contribution in [-0.4, -0.2) is 23.3 Å². The number of nitrogens with two attached hydrogens (primary N) is 1.